The normalized spacial score (nSPS) is 25.7. The molecule has 0 spiro atoms. The molecule has 0 aromatic carbocycles. The molecule has 3 atom stereocenters. The Morgan fingerprint density at radius 2 is 2.04 bits per heavy atom. The number of esters is 1. The van der Waals surface area contributed by atoms with E-state index in [4.69, 9.17) is 9.47 Å². The molecule has 2 aliphatic heterocycles. The Hall–Kier alpha value is -1.63. The van der Waals surface area contributed by atoms with Gasteiger partial charge in [-0.1, -0.05) is 0 Å². The number of nitrogens with zero attached hydrogens (tertiary/aromatic N) is 2. The highest BCUT2D eigenvalue weighted by atomic mass is 16.5. The second-order valence-corrected chi connectivity index (χ2v) is 6.63. The summed E-state index contributed by atoms with van der Waals surface area (Å²) in [6, 6.07) is -0.0334. The van der Waals surface area contributed by atoms with Crippen LogP contribution in [0.5, 0.6) is 0 Å². The molecular weight excluding hydrogens is 312 g/mol. The first-order valence-electron chi connectivity index (χ1n) is 8.71. The Bertz CT molecular complexity index is 482. The van der Waals surface area contributed by atoms with Gasteiger partial charge in [-0.25, -0.2) is 0 Å². The number of amides is 2. The first-order chi connectivity index (χ1) is 11.5. The first-order valence-corrected chi connectivity index (χ1v) is 8.71. The van der Waals surface area contributed by atoms with Gasteiger partial charge in [-0.3, -0.25) is 14.4 Å². The number of carbonyl (C=O) groups excluding carboxylic acids is 3. The van der Waals surface area contributed by atoms with Gasteiger partial charge in [0.25, 0.3) is 0 Å². The average molecular weight is 340 g/mol. The van der Waals surface area contributed by atoms with Crippen molar-refractivity contribution >= 4 is 17.8 Å². The van der Waals surface area contributed by atoms with Gasteiger partial charge in [-0.15, -0.1) is 0 Å². The molecule has 0 unspecified atom stereocenters. The lowest BCUT2D eigenvalue weighted by Crippen LogP contribution is -2.46. The van der Waals surface area contributed by atoms with Crippen LogP contribution in [0.2, 0.25) is 0 Å². The molecule has 7 heteroatoms. The molecule has 0 N–H and O–H groups in total. The van der Waals surface area contributed by atoms with Crippen LogP contribution < -0.4 is 0 Å². The van der Waals surface area contributed by atoms with Gasteiger partial charge < -0.3 is 19.3 Å². The molecule has 0 aromatic heterocycles. The topological polar surface area (TPSA) is 76.2 Å². The lowest BCUT2D eigenvalue weighted by molar-refractivity contribution is -0.152. The van der Waals surface area contributed by atoms with Crippen molar-refractivity contribution in [2.24, 2.45) is 11.8 Å². The average Bonchev–Trinajstić information content (AvgIpc) is 2.96. The van der Waals surface area contributed by atoms with Crippen LogP contribution in [0.1, 0.15) is 33.1 Å². The van der Waals surface area contributed by atoms with Gasteiger partial charge in [-0.05, 0) is 26.7 Å². The number of carbonyl (C=O) groups is 3. The highest BCUT2D eigenvalue weighted by Crippen LogP contribution is 2.25. The number of hydrogen-bond donors (Lipinski definition) is 0. The van der Waals surface area contributed by atoms with Crippen LogP contribution in [0.25, 0.3) is 0 Å². The number of hydrogen-bond acceptors (Lipinski definition) is 5. The second kappa shape index (κ2) is 8.46. The largest absolute Gasteiger partial charge is 0.466 e. The van der Waals surface area contributed by atoms with Crippen molar-refractivity contribution in [3.05, 3.63) is 0 Å². The number of piperidine rings is 1. The monoisotopic (exact) mass is 340 g/mol. The zero-order valence-electron chi connectivity index (χ0n) is 14.8. The van der Waals surface area contributed by atoms with Crippen molar-refractivity contribution in [2.75, 3.05) is 40.0 Å². The SMILES string of the molecule is CCOC(=O)[C@H]1CCCN(C(=O)[C@@H]2CC(=O)N([C@@H](C)COC)C2)C1. The summed E-state index contributed by atoms with van der Waals surface area (Å²) in [5.41, 5.74) is 0. The van der Waals surface area contributed by atoms with Crippen molar-refractivity contribution in [1.29, 1.82) is 0 Å². The standard InChI is InChI=1S/C17H28N2O5/c1-4-24-17(22)13-6-5-7-18(9-13)16(21)14-8-15(20)19(10-14)12(2)11-23-3/h12-14H,4-11H2,1-3H3/t12-,13-,14+/m0/s1. The molecule has 2 saturated heterocycles. The minimum Gasteiger partial charge on any atom is -0.466 e. The van der Waals surface area contributed by atoms with E-state index in [1.54, 1.807) is 23.8 Å². The van der Waals surface area contributed by atoms with Crippen molar-refractivity contribution < 1.29 is 23.9 Å². The third-order valence-electron chi connectivity index (χ3n) is 4.80. The van der Waals surface area contributed by atoms with Gasteiger partial charge in [0.15, 0.2) is 0 Å². The van der Waals surface area contributed by atoms with Gasteiger partial charge in [0.05, 0.1) is 31.1 Å². The number of likely N-dealkylation sites (tertiary alicyclic amines) is 2. The van der Waals surface area contributed by atoms with Gasteiger partial charge >= 0.3 is 5.97 Å². The summed E-state index contributed by atoms with van der Waals surface area (Å²) < 4.78 is 10.2. The van der Waals surface area contributed by atoms with Crippen LogP contribution >= 0.6 is 0 Å². The smallest absolute Gasteiger partial charge is 0.310 e. The van der Waals surface area contributed by atoms with Crippen molar-refractivity contribution in [2.45, 2.75) is 39.2 Å². The summed E-state index contributed by atoms with van der Waals surface area (Å²) in [5, 5.41) is 0. The quantitative estimate of drug-likeness (QED) is 0.664. The molecule has 2 amide bonds. The Morgan fingerprint density at radius 1 is 1.29 bits per heavy atom. The summed E-state index contributed by atoms with van der Waals surface area (Å²) >= 11 is 0. The van der Waals surface area contributed by atoms with Crippen LogP contribution in [-0.2, 0) is 23.9 Å². The summed E-state index contributed by atoms with van der Waals surface area (Å²) in [7, 11) is 1.60. The molecule has 24 heavy (non-hydrogen) atoms. The number of ether oxygens (including phenoxy) is 2. The summed E-state index contributed by atoms with van der Waals surface area (Å²) in [4.78, 5) is 40.3. The van der Waals surface area contributed by atoms with E-state index in [-0.39, 0.29) is 42.1 Å². The van der Waals surface area contributed by atoms with Gasteiger partial charge in [0, 0.05) is 33.2 Å². The molecule has 2 heterocycles. The van der Waals surface area contributed by atoms with E-state index in [1.165, 1.54) is 0 Å². The third-order valence-corrected chi connectivity index (χ3v) is 4.80. The van der Waals surface area contributed by atoms with Crippen LogP contribution in [0.15, 0.2) is 0 Å². The van der Waals surface area contributed by atoms with Crippen molar-refractivity contribution in [1.82, 2.24) is 9.80 Å². The van der Waals surface area contributed by atoms with Gasteiger partial charge in [0.2, 0.25) is 11.8 Å². The maximum Gasteiger partial charge on any atom is 0.310 e. The Morgan fingerprint density at radius 3 is 2.71 bits per heavy atom. The molecule has 0 aromatic rings. The van der Waals surface area contributed by atoms with Crippen LogP contribution in [0, 0.1) is 11.8 Å². The predicted octanol–water partition coefficient (Wildman–Crippen LogP) is 0.672. The van der Waals surface area contributed by atoms with E-state index in [1.807, 2.05) is 6.92 Å². The maximum atomic E-state index is 12.8. The number of methoxy groups -OCH3 is 1. The van der Waals surface area contributed by atoms with Crippen molar-refractivity contribution in [3.63, 3.8) is 0 Å². The molecule has 2 fully saturated rings. The molecule has 0 bridgehead atoms. The zero-order chi connectivity index (χ0) is 17.7. The molecule has 2 rings (SSSR count). The fourth-order valence-corrected chi connectivity index (χ4v) is 3.54. The highest BCUT2D eigenvalue weighted by molar-refractivity contribution is 5.89. The van der Waals surface area contributed by atoms with Gasteiger partial charge in [0.1, 0.15) is 0 Å². The zero-order valence-corrected chi connectivity index (χ0v) is 14.8. The Kier molecular flexibility index (Phi) is 6.60. The molecule has 2 aliphatic rings. The van der Waals surface area contributed by atoms with E-state index in [9.17, 15) is 14.4 Å². The second-order valence-electron chi connectivity index (χ2n) is 6.63. The maximum absolute atomic E-state index is 12.8. The highest BCUT2D eigenvalue weighted by Gasteiger charge is 2.40. The summed E-state index contributed by atoms with van der Waals surface area (Å²) in [6.45, 7) is 6.00. The molecule has 0 radical (unpaired) electrons. The van der Waals surface area contributed by atoms with E-state index in [0.717, 1.165) is 12.8 Å². The Labute approximate surface area is 143 Å². The van der Waals surface area contributed by atoms with E-state index >= 15 is 0 Å². The van der Waals surface area contributed by atoms with Crippen LogP contribution in [0.3, 0.4) is 0 Å². The summed E-state index contributed by atoms with van der Waals surface area (Å²) in [6.07, 6.45) is 1.79. The van der Waals surface area contributed by atoms with Crippen LogP contribution in [-0.4, -0.2) is 73.6 Å². The molecule has 136 valence electrons. The molecular formula is C17H28N2O5. The predicted molar refractivity (Wildman–Crippen MR) is 87.1 cm³/mol. The van der Waals surface area contributed by atoms with Crippen LogP contribution in [0.4, 0.5) is 0 Å². The van der Waals surface area contributed by atoms with Gasteiger partial charge in [-0.2, -0.15) is 0 Å². The molecule has 7 nitrogen and oxygen atoms in total. The van der Waals surface area contributed by atoms with Crippen molar-refractivity contribution in [3.8, 4) is 0 Å². The minimum atomic E-state index is -0.322. The summed E-state index contributed by atoms with van der Waals surface area (Å²) in [5.74, 6) is -0.824. The molecule has 0 aliphatic carbocycles. The number of rotatable bonds is 6. The minimum absolute atomic E-state index is 0.00291. The fourth-order valence-electron chi connectivity index (χ4n) is 3.54. The van der Waals surface area contributed by atoms with E-state index in [2.05, 4.69) is 0 Å². The fraction of sp³-hybridized carbons (Fsp3) is 0.824. The first kappa shape index (κ1) is 18.7. The lowest BCUT2D eigenvalue weighted by atomic mass is 9.96. The van der Waals surface area contributed by atoms with E-state index < -0.39 is 0 Å². The third kappa shape index (κ3) is 4.26. The lowest BCUT2D eigenvalue weighted by Gasteiger charge is -2.33. The molecule has 0 saturated carbocycles. The Balaban J connectivity index is 1.94. The van der Waals surface area contributed by atoms with E-state index in [0.29, 0.717) is 32.8 Å².